The number of fused-ring (bicyclic) bond motifs is 1. The van der Waals surface area contributed by atoms with Gasteiger partial charge >= 0.3 is 0 Å². The van der Waals surface area contributed by atoms with Crippen molar-refractivity contribution in [3.05, 3.63) is 35.5 Å². The lowest BCUT2D eigenvalue weighted by molar-refractivity contribution is -0.132. The molecular formula is C19H21N3O4. The van der Waals surface area contributed by atoms with Crippen molar-refractivity contribution in [1.82, 2.24) is 15.1 Å². The zero-order valence-electron chi connectivity index (χ0n) is 14.8. The third-order valence-electron chi connectivity index (χ3n) is 4.98. The van der Waals surface area contributed by atoms with E-state index >= 15 is 0 Å². The van der Waals surface area contributed by atoms with Crippen molar-refractivity contribution in [2.75, 3.05) is 13.3 Å². The number of rotatable bonds is 3. The Balaban J connectivity index is 1.48. The van der Waals surface area contributed by atoms with Gasteiger partial charge in [0.15, 0.2) is 11.5 Å². The minimum Gasteiger partial charge on any atom is -0.454 e. The van der Waals surface area contributed by atoms with Crippen LogP contribution in [0.4, 0.5) is 0 Å². The summed E-state index contributed by atoms with van der Waals surface area (Å²) in [6.07, 6.45) is 5.56. The number of hydrogen-bond acceptors (Lipinski definition) is 6. The molecule has 2 aliphatic heterocycles. The van der Waals surface area contributed by atoms with Crippen LogP contribution in [-0.4, -0.2) is 40.4 Å². The largest absolute Gasteiger partial charge is 0.454 e. The number of nitrogens with zero attached hydrogens (tertiary/aromatic N) is 3. The van der Waals surface area contributed by atoms with Gasteiger partial charge in [-0.1, -0.05) is 6.07 Å². The number of ether oxygens (including phenoxy) is 2. The highest BCUT2D eigenvalue weighted by Crippen LogP contribution is 2.34. The van der Waals surface area contributed by atoms with Crippen molar-refractivity contribution in [1.29, 1.82) is 0 Å². The molecule has 1 saturated heterocycles. The average Bonchev–Trinajstić information content (AvgIpc) is 3.28. The second-order valence-corrected chi connectivity index (χ2v) is 6.63. The van der Waals surface area contributed by atoms with Crippen LogP contribution in [0.15, 0.2) is 22.6 Å². The Morgan fingerprint density at radius 3 is 2.92 bits per heavy atom. The van der Waals surface area contributed by atoms with Crippen molar-refractivity contribution in [3.8, 4) is 11.5 Å². The van der Waals surface area contributed by atoms with Crippen molar-refractivity contribution < 1.29 is 18.7 Å². The summed E-state index contributed by atoms with van der Waals surface area (Å²) < 4.78 is 16.5. The first kappa shape index (κ1) is 16.6. The van der Waals surface area contributed by atoms with Crippen LogP contribution in [0.3, 0.4) is 0 Å². The molecule has 4 rings (SSSR count). The molecule has 26 heavy (non-hydrogen) atoms. The van der Waals surface area contributed by atoms with Gasteiger partial charge in [0.05, 0.1) is 5.92 Å². The van der Waals surface area contributed by atoms with Gasteiger partial charge in [-0.25, -0.2) is 0 Å². The Labute approximate surface area is 151 Å². The summed E-state index contributed by atoms with van der Waals surface area (Å²) in [7, 11) is 0. The summed E-state index contributed by atoms with van der Waals surface area (Å²) >= 11 is 0. The molecule has 0 unspecified atom stereocenters. The fourth-order valence-electron chi connectivity index (χ4n) is 3.57. The molecule has 1 amide bonds. The molecule has 1 aromatic heterocycles. The van der Waals surface area contributed by atoms with Gasteiger partial charge in [-0.3, -0.25) is 4.79 Å². The summed E-state index contributed by atoms with van der Waals surface area (Å²) in [6, 6.07) is 5.79. The number of hydrogen-bond donors (Lipinski definition) is 0. The van der Waals surface area contributed by atoms with Gasteiger partial charge in [-0.05, 0) is 43.5 Å². The third-order valence-corrected chi connectivity index (χ3v) is 4.98. The average molecular weight is 355 g/mol. The second-order valence-electron chi connectivity index (χ2n) is 6.63. The van der Waals surface area contributed by atoms with Crippen LogP contribution < -0.4 is 9.47 Å². The van der Waals surface area contributed by atoms with E-state index in [1.165, 1.54) is 0 Å². The van der Waals surface area contributed by atoms with E-state index in [2.05, 4.69) is 10.2 Å². The monoisotopic (exact) mass is 355 g/mol. The molecular weight excluding hydrogens is 334 g/mol. The Kier molecular flexibility index (Phi) is 4.36. The Hall–Kier alpha value is -2.83. The predicted octanol–water partition coefficient (Wildman–Crippen LogP) is 3.08. The lowest BCUT2D eigenvalue weighted by atomic mass is 9.90. The maximum Gasteiger partial charge on any atom is 0.240 e. The molecule has 0 saturated carbocycles. The molecule has 7 nitrogen and oxygen atoms in total. The number of likely N-dealkylation sites (tertiary alicyclic amines) is 1. The lowest BCUT2D eigenvalue weighted by Crippen LogP contribution is -2.44. The zero-order chi connectivity index (χ0) is 18.1. The Bertz CT molecular complexity index is 845. The number of carbonyl (C=O) groups excluding carboxylic acids is 1. The molecule has 0 spiro atoms. The fourth-order valence-corrected chi connectivity index (χ4v) is 3.57. The molecule has 2 aromatic rings. The summed E-state index contributed by atoms with van der Waals surface area (Å²) in [5, 5.41) is 8.32. The van der Waals surface area contributed by atoms with E-state index in [-0.39, 0.29) is 24.7 Å². The molecule has 7 heteroatoms. The van der Waals surface area contributed by atoms with E-state index in [4.69, 9.17) is 13.9 Å². The molecule has 0 radical (unpaired) electrons. The van der Waals surface area contributed by atoms with E-state index in [0.717, 1.165) is 36.4 Å². The number of aromatic nitrogens is 2. The summed E-state index contributed by atoms with van der Waals surface area (Å²) in [5.74, 6) is 2.69. The first-order valence-corrected chi connectivity index (χ1v) is 8.80. The maximum absolute atomic E-state index is 11.8. The zero-order valence-corrected chi connectivity index (χ0v) is 14.8. The van der Waals surface area contributed by atoms with Crippen LogP contribution in [0, 0.1) is 0 Å². The smallest absolute Gasteiger partial charge is 0.240 e. The second kappa shape index (κ2) is 6.82. The van der Waals surface area contributed by atoms with Crippen LogP contribution in [0.1, 0.15) is 50.0 Å². The number of amides is 1. The molecule has 0 N–H and O–H groups in total. The highest BCUT2D eigenvalue weighted by atomic mass is 16.7. The normalized spacial score (nSPS) is 22.2. The molecule has 1 fully saturated rings. The third kappa shape index (κ3) is 3.16. The lowest BCUT2D eigenvalue weighted by Gasteiger charge is -2.37. The molecule has 2 aliphatic rings. The van der Waals surface area contributed by atoms with Crippen molar-refractivity contribution >= 4 is 18.1 Å². The molecule has 2 atom stereocenters. The first-order valence-electron chi connectivity index (χ1n) is 8.80. The van der Waals surface area contributed by atoms with E-state index in [1.54, 1.807) is 13.0 Å². The first-order chi connectivity index (χ1) is 12.6. The number of benzene rings is 1. The minimum absolute atomic E-state index is 0.0624. The van der Waals surface area contributed by atoms with E-state index in [1.807, 2.05) is 36.1 Å². The molecule has 1 aromatic carbocycles. The summed E-state index contributed by atoms with van der Waals surface area (Å²) in [4.78, 5) is 13.6. The van der Waals surface area contributed by atoms with Gasteiger partial charge in [0.25, 0.3) is 0 Å². The topological polar surface area (TPSA) is 77.7 Å². The van der Waals surface area contributed by atoms with E-state index in [0.29, 0.717) is 11.8 Å². The van der Waals surface area contributed by atoms with Gasteiger partial charge in [-0.2, -0.15) is 0 Å². The van der Waals surface area contributed by atoms with E-state index < -0.39 is 0 Å². The molecule has 0 bridgehead atoms. The molecule has 3 heterocycles. The predicted molar refractivity (Wildman–Crippen MR) is 94.6 cm³/mol. The van der Waals surface area contributed by atoms with Crippen LogP contribution in [0.5, 0.6) is 11.5 Å². The van der Waals surface area contributed by atoms with Crippen molar-refractivity contribution in [2.24, 2.45) is 0 Å². The number of piperidine rings is 1. The van der Waals surface area contributed by atoms with Crippen LogP contribution >= 0.6 is 0 Å². The van der Waals surface area contributed by atoms with E-state index in [9.17, 15) is 4.79 Å². The highest BCUT2D eigenvalue weighted by molar-refractivity contribution is 5.73. The van der Waals surface area contributed by atoms with Crippen LogP contribution in [0.2, 0.25) is 0 Å². The van der Waals surface area contributed by atoms with Gasteiger partial charge in [0, 0.05) is 25.6 Å². The van der Waals surface area contributed by atoms with Crippen molar-refractivity contribution in [3.63, 3.8) is 0 Å². The molecule has 0 aliphatic carbocycles. The highest BCUT2D eigenvalue weighted by Gasteiger charge is 2.33. The standard InChI is InChI=1S/C19H21N3O4/c1-12-15(4-3-9-22(12)13(2)23)19-21-20-18(26-19)8-6-14-5-7-16-17(10-14)25-11-24-16/h5-8,10,12,15H,3-4,9,11H2,1-2H3/b8-6+/t12-,15-/m0/s1. The summed E-state index contributed by atoms with van der Waals surface area (Å²) in [5.41, 5.74) is 0.961. The van der Waals surface area contributed by atoms with Gasteiger partial charge in [0.1, 0.15) is 0 Å². The summed E-state index contributed by atoms with van der Waals surface area (Å²) in [6.45, 7) is 4.69. The van der Waals surface area contributed by atoms with Gasteiger partial charge < -0.3 is 18.8 Å². The van der Waals surface area contributed by atoms with Crippen LogP contribution in [-0.2, 0) is 4.79 Å². The Morgan fingerprint density at radius 1 is 1.23 bits per heavy atom. The minimum atomic E-state index is 0.0624. The van der Waals surface area contributed by atoms with Crippen LogP contribution in [0.25, 0.3) is 12.2 Å². The van der Waals surface area contributed by atoms with Crippen molar-refractivity contribution in [2.45, 2.75) is 38.6 Å². The number of carbonyl (C=O) groups is 1. The fraction of sp³-hybridized carbons (Fsp3) is 0.421. The molecule has 136 valence electrons. The Morgan fingerprint density at radius 2 is 2.08 bits per heavy atom. The van der Waals surface area contributed by atoms with Gasteiger partial charge in [-0.15, -0.1) is 10.2 Å². The maximum atomic E-state index is 11.8. The quantitative estimate of drug-likeness (QED) is 0.842. The SMILES string of the molecule is CC(=O)N1CCC[C@H](c2nnc(/C=C/c3ccc4c(c3)OCO4)o2)[C@@H]1C. The van der Waals surface area contributed by atoms with Gasteiger partial charge in [0.2, 0.25) is 24.5 Å².